The van der Waals surface area contributed by atoms with Gasteiger partial charge in [0.2, 0.25) is 0 Å². The van der Waals surface area contributed by atoms with Crippen molar-refractivity contribution in [1.82, 2.24) is 5.32 Å². The minimum atomic E-state index is -1.82. The molecule has 0 saturated carbocycles. The topological polar surface area (TPSA) is 95.9 Å². The largest absolute Gasteiger partial charge is 0.496 e. The Morgan fingerprint density at radius 3 is 2.35 bits per heavy atom. The predicted molar refractivity (Wildman–Crippen MR) is 97.8 cm³/mol. The SMILES string of the molecule is COc1ccc(Br)cc1CNCCc1ccccc1F.O=C(O)C(=O)O. The third-order valence-electron chi connectivity index (χ3n) is 3.27. The van der Waals surface area contributed by atoms with Gasteiger partial charge in [0.15, 0.2) is 0 Å². The van der Waals surface area contributed by atoms with Crippen LogP contribution in [0.15, 0.2) is 46.9 Å². The number of rotatable bonds is 6. The van der Waals surface area contributed by atoms with Crippen molar-refractivity contribution in [3.63, 3.8) is 0 Å². The minimum Gasteiger partial charge on any atom is -0.496 e. The van der Waals surface area contributed by atoms with Gasteiger partial charge in [0, 0.05) is 16.6 Å². The number of ether oxygens (including phenoxy) is 1. The van der Waals surface area contributed by atoms with Gasteiger partial charge in [0.25, 0.3) is 0 Å². The fraction of sp³-hybridized carbons (Fsp3) is 0.222. The Balaban J connectivity index is 0.000000487. The second-order valence-electron chi connectivity index (χ2n) is 5.08. The van der Waals surface area contributed by atoms with Gasteiger partial charge in [-0.15, -0.1) is 0 Å². The summed E-state index contributed by atoms with van der Waals surface area (Å²) in [6.45, 7) is 1.41. The number of halogens is 2. The molecule has 3 N–H and O–H groups in total. The molecule has 0 aliphatic carbocycles. The Morgan fingerprint density at radius 1 is 1.12 bits per heavy atom. The van der Waals surface area contributed by atoms with E-state index in [2.05, 4.69) is 21.2 Å². The molecule has 0 bridgehead atoms. The van der Waals surface area contributed by atoms with Gasteiger partial charge in [-0.25, -0.2) is 14.0 Å². The predicted octanol–water partition coefficient (Wildman–Crippen LogP) is 3.08. The molecule has 0 unspecified atom stereocenters. The normalized spacial score (nSPS) is 9.81. The van der Waals surface area contributed by atoms with Gasteiger partial charge < -0.3 is 20.3 Å². The van der Waals surface area contributed by atoms with E-state index in [1.165, 1.54) is 6.07 Å². The highest BCUT2D eigenvalue weighted by Gasteiger charge is 2.05. The number of benzene rings is 2. The van der Waals surface area contributed by atoms with Crippen LogP contribution < -0.4 is 10.1 Å². The summed E-state index contributed by atoms with van der Waals surface area (Å²) in [7, 11) is 1.66. The Bertz CT molecular complexity index is 742. The molecule has 0 aliphatic heterocycles. The molecule has 0 aromatic heterocycles. The van der Waals surface area contributed by atoms with Gasteiger partial charge in [-0.2, -0.15) is 0 Å². The number of methoxy groups -OCH3 is 1. The average Bonchev–Trinajstić information content (AvgIpc) is 2.60. The molecule has 0 spiro atoms. The van der Waals surface area contributed by atoms with Gasteiger partial charge in [-0.1, -0.05) is 34.1 Å². The van der Waals surface area contributed by atoms with Crippen LogP contribution in [0.5, 0.6) is 5.75 Å². The molecule has 0 amide bonds. The van der Waals surface area contributed by atoms with Gasteiger partial charge in [0.05, 0.1) is 7.11 Å². The molecule has 2 aromatic rings. The molecule has 0 radical (unpaired) electrons. The van der Waals surface area contributed by atoms with Gasteiger partial charge >= 0.3 is 11.9 Å². The molecule has 0 heterocycles. The summed E-state index contributed by atoms with van der Waals surface area (Å²) in [6.07, 6.45) is 0.670. The molecule has 2 rings (SSSR count). The van der Waals surface area contributed by atoms with Crippen LogP contribution in [0.1, 0.15) is 11.1 Å². The Hall–Kier alpha value is -2.45. The fourth-order valence-electron chi connectivity index (χ4n) is 2.03. The van der Waals surface area contributed by atoms with Crippen molar-refractivity contribution in [2.24, 2.45) is 0 Å². The van der Waals surface area contributed by atoms with Crippen LogP contribution in [0, 0.1) is 5.82 Å². The lowest BCUT2D eigenvalue weighted by Gasteiger charge is -2.10. The van der Waals surface area contributed by atoms with Crippen LogP contribution in [0.4, 0.5) is 4.39 Å². The van der Waals surface area contributed by atoms with Gasteiger partial charge in [-0.3, -0.25) is 0 Å². The van der Waals surface area contributed by atoms with E-state index in [0.717, 1.165) is 27.9 Å². The van der Waals surface area contributed by atoms with Crippen molar-refractivity contribution >= 4 is 27.9 Å². The number of carboxylic acid groups (broad SMARTS) is 2. The minimum absolute atomic E-state index is 0.144. The van der Waals surface area contributed by atoms with E-state index < -0.39 is 11.9 Å². The molecule has 2 aromatic carbocycles. The average molecular weight is 428 g/mol. The standard InChI is InChI=1S/C16H17BrFNO.C2H2O4/c1-20-16-7-6-14(17)10-13(16)11-19-9-8-12-4-2-3-5-15(12)18;3-1(4)2(5)6/h2-7,10,19H,8-9,11H2,1H3;(H,3,4)(H,5,6). The third kappa shape index (κ3) is 7.62. The van der Waals surface area contributed by atoms with E-state index in [1.807, 2.05) is 30.3 Å². The highest BCUT2D eigenvalue weighted by atomic mass is 79.9. The zero-order chi connectivity index (χ0) is 19.5. The molecule has 0 aliphatic rings. The lowest BCUT2D eigenvalue weighted by atomic mass is 10.1. The number of aliphatic carboxylic acids is 2. The first kappa shape index (κ1) is 21.6. The first-order valence-electron chi connectivity index (χ1n) is 7.58. The highest BCUT2D eigenvalue weighted by molar-refractivity contribution is 9.10. The number of hydrogen-bond acceptors (Lipinski definition) is 4. The van der Waals surface area contributed by atoms with E-state index in [1.54, 1.807) is 13.2 Å². The van der Waals surface area contributed by atoms with Crippen molar-refractivity contribution in [3.8, 4) is 5.75 Å². The first-order chi connectivity index (χ1) is 12.3. The van der Waals surface area contributed by atoms with E-state index in [4.69, 9.17) is 24.5 Å². The van der Waals surface area contributed by atoms with Crippen LogP contribution in [-0.2, 0) is 22.6 Å². The van der Waals surface area contributed by atoms with Crippen LogP contribution in [-0.4, -0.2) is 35.8 Å². The smallest absolute Gasteiger partial charge is 0.414 e. The number of carbonyl (C=O) groups is 2. The van der Waals surface area contributed by atoms with E-state index in [0.29, 0.717) is 13.0 Å². The molecule has 0 saturated heterocycles. The molecular weight excluding hydrogens is 409 g/mol. The first-order valence-corrected chi connectivity index (χ1v) is 8.37. The maximum atomic E-state index is 13.5. The number of carboxylic acids is 2. The quantitative estimate of drug-likeness (QED) is 0.484. The monoisotopic (exact) mass is 427 g/mol. The Kier molecular flexibility index (Phi) is 9.32. The van der Waals surface area contributed by atoms with Crippen molar-refractivity contribution in [3.05, 3.63) is 63.9 Å². The zero-order valence-corrected chi connectivity index (χ0v) is 15.6. The maximum absolute atomic E-state index is 13.5. The van der Waals surface area contributed by atoms with Crippen LogP contribution >= 0.6 is 15.9 Å². The summed E-state index contributed by atoms with van der Waals surface area (Å²) < 4.78 is 19.8. The second-order valence-corrected chi connectivity index (χ2v) is 6.00. The molecule has 26 heavy (non-hydrogen) atoms. The summed E-state index contributed by atoms with van der Waals surface area (Å²) in [5.74, 6) is -2.94. The van der Waals surface area contributed by atoms with Crippen molar-refractivity contribution in [1.29, 1.82) is 0 Å². The lowest BCUT2D eigenvalue weighted by molar-refractivity contribution is -0.159. The van der Waals surface area contributed by atoms with Gasteiger partial charge in [0.1, 0.15) is 11.6 Å². The fourth-order valence-corrected chi connectivity index (χ4v) is 2.44. The Morgan fingerprint density at radius 2 is 1.77 bits per heavy atom. The van der Waals surface area contributed by atoms with E-state index in [-0.39, 0.29) is 5.82 Å². The molecule has 0 atom stereocenters. The number of nitrogens with one attached hydrogen (secondary N) is 1. The molecule has 140 valence electrons. The van der Waals surface area contributed by atoms with Crippen molar-refractivity contribution < 1.29 is 28.9 Å². The summed E-state index contributed by atoms with van der Waals surface area (Å²) in [4.78, 5) is 18.2. The molecule has 0 fully saturated rings. The van der Waals surface area contributed by atoms with Crippen molar-refractivity contribution in [2.75, 3.05) is 13.7 Å². The molecular formula is C18H19BrFNO5. The summed E-state index contributed by atoms with van der Waals surface area (Å²) in [5, 5.41) is 18.1. The number of hydrogen-bond donors (Lipinski definition) is 3. The molecule has 8 heteroatoms. The molecule has 6 nitrogen and oxygen atoms in total. The summed E-state index contributed by atoms with van der Waals surface area (Å²) in [6, 6.07) is 12.8. The lowest BCUT2D eigenvalue weighted by Crippen LogP contribution is -2.17. The van der Waals surface area contributed by atoms with Crippen LogP contribution in [0.3, 0.4) is 0 Å². The van der Waals surface area contributed by atoms with Gasteiger partial charge in [-0.05, 0) is 42.8 Å². The Labute approximate surface area is 158 Å². The maximum Gasteiger partial charge on any atom is 0.414 e. The summed E-state index contributed by atoms with van der Waals surface area (Å²) in [5.41, 5.74) is 1.82. The highest BCUT2D eigenvalue weighted by Crippen LogP contribution is 2.22. The van der Waals surface area contributed by atoms with Crippen molar-refractivity contribution in [2.45, 2.75) is 13.0 Å². The summed E-state index contributed by atoms with van der Waals surface area (Å²) >= 11 is 3.45. The van der Waals surface area contributed by atoms with E-state index in [9.17, 15) is 4.39 Å². The van der Waals surface area contributed by atoms with E-state index >= 15 is 0 Å². The third-order valence-corrected chi connectivity index (χ3v) is 3.76. The second kappa shape index (κ2) is 11.2. The zero-order valence-electron chi connectivity index (χ0n) is 14.0. The van der Waals surface area contributed by atoms with Crippen LogP contribution in [0.25, 0.3) is 0 Å². The van der Waals surface area contributed by atoms with Crippen LogP contribution in [0.2, 0.25) is 0 Å².